The Morgan fingerprint density at radius 3 is 2.41 bits per heavy atom. The van der Waals surface area contributed by atoms with Gasteiger partial charge in [-0.25, -0.2) is 13.8 Å². The molecule has 1 amide bonds. The lowest BCUT2D eigenvalue weighted by atomic mass is 9.53. The molecule has 4 bridgehead atoms. The first-order valence-corrected chi connectivity index (χ1v) is 12.8. The second kappa shape index (κ2) is 8.18. The minimum absolute atomic E-state index is 0.0648. The van der Waals surface area contributed by atoms with E-state index in [1.807, 2.05) is 0 Å². The highest BCUT2D eigenvalue weighted by Gasteiger charge is 2.51. The number of thioether (sulfide) groups is 1. The van der Waals surface area contributed by atoms with Crippen molar-refractivity contribution in [2.45, 2.75) is 49.2 Å². The molecule has 4 aliphatic carbocycles. The van der Waals surface area contributed by atoms with E-state index in [1.165, 1.54) is 25.3 Å². The minimum atomic E-state index is -0.862. The van der Waals surface area contributed by atoms with Gasteiger partial charge in [0.15, 0.2) is 5.16 Å². The van der Waals surface area contributed by atoms with Crippen LogP contribution < -0.4 is 10.9 Å². The summed E-state index contributed by atoms with van der Waals surface area (Å²) in [7, 11) is 0. The Kier molecular flexibility index (Phi) is 5.24. The van der Waals surface area contributed by atoms with E-state index in [2.05, 4.69) is 10.3 Å². The number of halogens is 2. The van der Waals surface area contributed by atoms with Crippen molar-refractivity contribution in [3.8, 4) is 5.69 Å². The van der Waals surface area contributed by atoms with Crippen LogP contribution in [0.5, 0.6) is 0 Å². The van der Waals surface area contributed by atoms with E-state index in [0.29, 0.717) is 28.7 Å². The summed E-state index contributed by atoms with van der Waals surface area (Å²) in [5.74, 6) is 0.524. The van der Waals surface area contributed by atoms with Crippen molar-refractivity contribution in [1.29, 1.82) is 0 Å². The van der Waals surface area contributed by atoms with Crippen LogP contribution in [0.25, 0.3) is 16.6 Å². The fourth-order valence-corrected chi connectivity index (χ4v) is 7.62. The first kappa shape index (κ1) is 21.8. The second-order valence-corrected chi connectivity index (χ2v) is 11.1. The van der Waals surface area contributed by atoms with Crippen molar-refractivity contribution < 1.29 is 13.6 Å². The summed E-state index contributed by atoms with van der Waals surface area (Å²) in [6.45, 7) is 0. The number of fused-ring (bicyclic) bond motifs is 1. The molecule has 5 nitrogen and oxygen atoms in total. The van der Waals surface area contributed by atoms with Gasteiger partial charge in [-0.3, -0.25) is 14.2 Å². The molecule has 4 aliphatic rings. The molecule has 0 spiro atoms. The van der Waals surface area contributed by atoms with Gasteiger partial charge in [-0.2, -0.15) is 0 Å². The van der Waals surface area contributed by atoms with Gasteiger partial charge in [0.1, 0.15) is 11.6 Å². The summed E-state index contributed by atoms with van der Waals surface area (Å²) in [5.41, 5.74) is -0.185. The van der Waals surface area contributed by atoms with Gasteiger partial charge >= 0.3 is 0 Å². The summed E-state index contributed by atoms with van der Waals surface area (Å²) < 4.78 is 29.3. The molecule has 8 heteroatoms. The molecule has 2 aromatic carbocycles. The number of aromatic nitrogens is 2. The third kappa shape index (κ3) is 3.82. The number of nitrogens with one attached hydrogen (secondary N) is 1. The summed E-state index contributed by atoms with van der Waals surface area (Å²) >= 11 is 1.10. The molecule has 4 fully saturated rings. The zero-order valence-corrected chi connectivity index (χ0v) is 19.4. The van der Waals surface area contributed by atoms with E-state index >= 15 is 0 Å². The lowest BCUT2D eigenvalue weighted by molar-refractivity contribution is -0.124. The zero-order chi connectivity index (χ0) is 23.4. The van der Waals surface area contributed by atoms with Crippen LogP contribution in [0, 0.1) is 29.4 Å². The molecule has 34 heavy (non-hydrogen) atoms. The van der Waals surface area contributed by atoms with Gasteiger partial charge in [0.25, 0.3) is 5.56 Å². The topological polar surface area (TPSA) is 64.0 Å². The van der Waals surface area contributed by atoms with Gasteiger partial charge in [0.2, 0.25) is 5.91 Å². The van der Waals surface area contributed by atoms with Crippen LogP contribution in [0.1, 0.15) is 38.5 Å². The summed E-state index contributed by atoms with van der Waals surface area (Å²) in [4.78, 5) is 30.9. The molecule has 0 radical (unpaired) electrons. The first-order chi connectivity index (χ1) is 16.4. The standard InChI is InChI=1S/C26H25F2N3O2S/c27-18-5-6-22(20(28)10-18)31-24(33)19-3-1-2-4-21(19)29-25(31)34-14-23(32)30-26-11-15-7-16(12-26)9-17(8-15)13-26/h1-6,10,15-17H,7-9,11-14H2,(H,30,32). The molecular formula is C26H25F2N3O2S. The van der Waals surface area contributed by atoms with E-state index in [9.17, 15) is 18.4 Å². The number of benzene rings is 2. The minimum Gasteiger partial charge on any atom is -0.350 e. The Bertz CT molecular complexity index is 1320. The number of hydrogen-bond donors (Lipinski definition) is 1. The van der Waals surface area contributed by atoms with Gasteiger partial charge in [-0.15, -0.1) is 0 Å². The Balaban J connectivity index is 1.29. The van der Waals surface area contributed by atoms with Crippen molar-refractivity contribution in [3.05, 3.63) is 64.5 Å². The average Bonchev–Trinajstić information content (AvgIpc) is 2.77. The van der Waals surface area contributed by atoms with Crippen LogP contribution in [0.4, 0.5) is 8.78 Å². The largest absolute Gasteiger partial charge is 0.350 e. The fourth-order valence-electron chi connectivity index (χ4n) is 6.81. The monoisotopic (exact) mass is 481 g/mol. The quantitative estimate of drug-likeness (QED) is 0.418. The highest BCUT2D eigenvalue weighted by atomic mass is 32.2. The number of para-hydroxylation sites is 1. The van der Waals surface area contributed by atoms with E-state index in [-0.39, 0.29) is 28.0 Å². The van der Waals surface area contributed by atoms with Gasteiger partial charge in [0.05, 0.1) is 22.3 Å². The van der Waals surface area contributed by atoms with Crippen molar-refractivity contribution in [2.75, 3.05) is 5.75 Å². The second-order valence-electron chi connectivity index (χ2n) is 10.2. The number of rotatable bonds is 5. The number of carbonyl (C=O) groups is 1. The molecule has 7 rings (SSSR count). The van der Waals surface area contributed by atoms with Crippen LogP contribution in [-0.2, 0) is 4.79 Å². The smallest absolute Gasteiger partial charge is 0.266 e. The molecule has 3 aromatic rings. The predicted molar refractivity (Wildman–Crippen MR) is 127 cm³/mol. The average molecular weight is 482 g/mol. The number of hydrogen-bond acceptors (Lipinski definition) is 4. The molecule has 176 valence electrons. The number of nitrogens with zero attached hydrogens (tertiary/aromatic N) is 2. The predicted octanol–water partition coefficient (Wildman–Crippen LogP) is 4.84. The van der Waals surface area contributed by atoms with Crippen molar-refractivity contribution in [2.24, 2.45) is 17.8 Å². The van der Waals surface area contributed by atoms with Crippen molar-refractivity contribution in [3.63, 3.8) is 0 Å². The SMILES string of the molecule is O=C(CSc1nc2ccccc2c(=O)n1-c1ccc(F)cc1F)NC12CC3CC(CC(C3)C1)C2. The van der Waals surface area contributed by atoms with E-state index in [4.69, 9.17) is 0 Å². The Morgan fingerprint density at radius 1 is 1.06 bits per heavy atom. The molecule has 4 saturated carbocycles. The van der Waals surface area contributed by atoms with Crippen LogP contribution in [0.15, 0.2) is 52.4 Å². The molecular weight excluding hydrogens is 456 g/mol. The lowest BCUT2D eigenvalue weighted by Crippen LogP contribution is -2.60. The van der Waals surface area contributed by atoms with Gasteiger partial charge < -0.3 is 5.32 Å². The molecule has 0 atom stereocenters. The molecule has 1 aromatic heterocycles. The van der Waals surface area contributed by atoms with Gasteiger partial charge in [-0.05, 0) is 80.5 Å². The first-order valence-electron chi connectivity index (χ1n) is 11.8. The molecule has 0 aliphatic heterocycles. The number of amides is 1. The highest BCUT2D eigenvalue weighted by molar-refractivity contribution is 7.99. The maximum atomic E-state index is 14.7. The zero-order valence-electron chi connectivity index (χ0n) is 18.6. The molecule has 1 N–H and O–H groups in total. The van der Waals surface area contributed by atoms with E-state index < -0.39 is 17.2 Å². The Hall–Kier alpha value is -2.74. The van der Waals surface area contributed by atoms with Gasteiger partial charge in [0, 0.05) is 11.6 Å². The van der Waals surface area contributed by atoms with Crippen molar-refractivity contribution >= 4 is 28.6 Å². The lowest BCUT2D eigenvalue weighted by Gasteiger charge is -2.56. The molecule has 0 unspecified atom stereocenters. The maximum Gasteiger partial charge on any atom is 0.266 e. The van der Waals surface area contributed by atoms with Gasteiger partial charge in [-0.1, -0.05) is 23.9 Å². The maximum absolute atomic E-state index is 14.7. The van der Waals surface area contributed by atoms with Crippen LogP contribution >= 0.6 is 11.8 Å². The number of carbonyl (C=O) groups excluding carboxylic acids is 1. The Morgan fingerprint density at radius 2 is 1.74 bits per heavy atom. The van der Waals surface area contributed by atoms with Crippen LogP contribution in [-0.4, -0.2) is 26.8 Å². The fraction of sp³-hybridized carbons (Fsp3) is 0.423. The van der Waals surface area contributed by atoms with E-state index in [0.717, 1.165) is 47.7 Å². The summed E-state index contributed by atoms with van der Waals surface area (Å²) in [5, 5.41) is 3.86. The summed E-state index contributed by atoms with van der Waals surface area (Å²) in [6.07, 6.45) is 7.03. The van der Waals surface area contributed by atoms with Crippen LogP contribution in [0.3, 0.4) is 0 Å². The normalized spacial score (nSPS) is 27.3. The third-order valence-electron chi connectivity index (χ3n) is 7.67. The van der Waals surface area contributed by atoms with Crippen LogP contribution in [0.2, 0.25) is 0 Å². The highest BCUT2D eigenvalue weighted by Crippen LogP contribution is 2.55. The molecule has 0 saturated heterocycles. The molecule has 1 heterocycles. The Labute approximate surface area is 200 Å². The van der Waals surface area contributed by atoms with Crippen molar-refractivity contribution in [1.82, 2.24) is 14.9 Å². The third-order valence-corrected chi connectivity index (χ3v) is 8.61. The van der Waals surface area contributed by atoms with E-state index in [1.54, 1.807) is 24.3 Å². The summed E-state index contributed by atoms with van der Waals surface area (Å²) in [6, 6.07) is 9.88.